The lowest BCUT2D eigenvalue weighted by Gasteiger charge is -2.09. The summed E-state index contributed by atoms with van der Waals surface area (Å²) < 4.78 is 29.5. The SMILES string of the molecule is CCOCCCNc1nc(C)cn1CCS(C)(=O)=O. The Morgan fingerprint density at radius 1 is 1.47 bits per heavy atom. The van der Waals surface area contributed by atoms with E-state index in [2.05, 4.69) is 10.3 Å². The third kappa shape index (κ3) is 6.58. The Balaban J connectivity index is 2.48. The predicted octanol–water partition coefficient (Wildman–Crippen LogP) is 1.07. The zero-order valence-corrected chi connectivity index (χ0v) is 12.7. The van der Waals surface area contributed by atoms with Gasteiger partial charge in [0.25, 0.3) is 0 Å². The van der Waals surface area contributed by atoms with Crippen LogP contribution in [0.15, 0.2) is 6.20 Å². The minimum absolute atomic E-state index is 0.121. The molecule has 0 saturated carbocycles. The highest BCUT2D eigenvalue weighted by Crippen LogP contribution is 2.08. The average Bonchev–Trinajstić information content (AvgIpc) is 2.66. The second-order valence-corrected chi connectivity index (χ2v) is 6.77. The van der Waals surface area contributed by atoms with Crippen molar-refractivity contribution in [1.29, 1.82) is 0 Å². The third-order valence-corrected chi connectivity index (χ3v) is 3.48. The Labute approximate surface area is 115 Å². The molecule has 0 aliphatic carbocycles. The lowest BCUT2D eigenvalue weighted by molar-refractivity contribution is 0.147. The van der Waals surface area contributed by atoms with Crippen LogP contribution >= 0.6 is 0 Å². The maximum atomic E-state index is 11.2. The van der Waals surface area contributed by atoms with Gasteiger partial charge in [-0.15, -0.1) is 0 Å². The zero-order valence-electron chi connectivity index (χ0n) is 11.8. The first-order valence-electron chi connectivity index (χ1n) is 6.45. The lowest BCUT2D eigenvalue weighted by Crippen LogP contribution is -2.15. The molecule has 1 rings (SSSR count). The molecule has 0 bridgehead atoms. The van der Waals surface area contributed by atoms with Gasteiger partial charge in [-0.25, -0.2) is 13.4 Å². The first-order valence-corrected chi connectivity index (χ1v) is 8.51. The maximum Gasteiger partial charge on any atom is 0.203 e. The molecule has 0 amide bonds. The van der Waals surface area contributed by atoms with Crippen molar-refractivity contribution in [2.45, 2.75) is 26.8 Å². The van der Waals surface area contributed by atoms with E-state index in [-0.39, 0.29) is 5.75 Å². The monoisotopic (exact) mass is 289 g/mol. The van der Waals surface area contributed by atoms with E-state index >= 15 is 0 Å². The summed E-state index contributed by atoms with van der Waals surface area (Å²) in [4.78, 5) is 4.35. The molecule has 0 saturated heterocycles. The van der Waals surface area contributed by atoms with E-state index in [0.717, 1.165) is 31.2 Å². The summed E-state index contributed by atoms with van der Waals surface area (Å²) in [6, 6.07) is 0. The van der Waals surface area contributed by atoms with Crippen molar-refractivity contribution in [1.82, 2.24) is 9.55 Å². The van der Waals surface area contributed by atoms with Crippen molar-refractivity contribution < 1.29 is 13.2 Å². The maximum absolute atomic E-state index is 11.2. The van der Waals surface area contributed by atoms with Gasteiger partial charge in [-0.1, -0.05) is 0 Å². The summed E-state index contributed by atoms with van der Waals surface area (Å²) in [7, 11) is -2.96. The summed E-state index contributed by atoms with van der Waals surface area (Å²) in [6.45, 7) is 6.48. The van der Waals surface area contributed by atoms with Crippen molar-refractivity contribution in [3.8, 4) is 0 Å². The second-order valence-electron chi connectivity index (χ2n) is 4.51. The van der Waals surface area contributed by atoms with Gasteiger partial charge in [-0.3, -0.25) is 0 Å². The van der Waals surface area contributed by atoms with Crippen molar-refractivity contribution in [3.05, 3.63) is 11.9 Å². The number of rotatable bonds is 9. The van der Waals surface area contributed by atoms with Gasteiger partial charge < -0.3 is 14.6 Å². The van der Waals surface area contributed by atoms with E-state index in [1.807, 2.05) is 24.6 Å². The molecular formula is C12H23N3O3S. The van der Waals surface area contributed by atoms with E-state index < -0.39 is 9.84 Å². The van der Waals surface area contributed by atoms with Crippen LogP contribution in [0.2, 0.25) is 0 Å². The molecular weight excluding hydrogens is 266 g/mol. The normalized spacial score (nSPS) is 11.7. The van der Waals surface area contributed by atoms with Crippen LogP contribution < -0.4 is 5.32 Å². The van der Waals surface area contributed by atoms with Crippen LogP contribution in [0.3, 0.4) is 0 Å². The molecule has 0 spiro atoms. The molecule has 0 unspecified atom stereocenters. The van der Waals surface area contributed by atoms with Gasteiger partial charge in [0, 0.05) is 38.8 Å². The number of hydrogen-bond acceptors (Lipinski definition) is 5. The molecule has 1 N–H and O–H groups in total. The fraction of sp³-hybridized carbons (Fsp3) is 0.750. The summed E-state index contributed by atoms with van der Waals surface area (Å²) in [6.07, 6.45) is 3.99. The molecule has 1 aromatic heterocycles. The van der Waals surface area contributed by atoms with Crippen molar-refractivity contribution in [2.75, 3.05) is 37.1 Å². The zero-order chi connectivity index (χ0) is 14.3. The Kier molecular flexibility index (Phi) is 6.30. The largest absolute Gasteiger partial charge is 0.382 e. The minimum Gasteiger partial charge on any atom is -0.382 e. The number of anilines is 1. The van der Waals surface area contributed by atoms with Crippen LogP contribution in [0.25, 0.3) is 0 Å². The quantitative estimate of drug-likeness (QED) is 0.689. The lowest BCUT2D eigenvalue weighted by atomic mass is 10.4. The van der Waals surface area contributed by atoms with Gasteiger partial charge in [0.1, 0.15) is 9.84 Å². The third-order valence-electron chi connectivity index (χ3n) is 2.55. The average molecular weight is 289 g/mol. The van der Waals surface area contributed by atoms with Gasteiger partial charge in [-0.05, 0) is 20.3 Å². The molecule has 1 heterocycles. The van der Waals surface area contributed by atoms with Gasteiger partial charge >= 0.3 is 0 Å². The number of nitrogens with zero attached hydrogens (tertiary/aromatic N) is 2. The van der Waals surface area contributed by atoms with Crippen molar-refractivity contribution in [3.63, 3.8) is 0 Å². The number of ether oxygens (including phenoxy) is 1. The van der Waals surface area contributed by atoms with Crippen LogP contribution in [0.1, 0.15) is 19.0 Å². The second kappa shape index (κ2) is 7.49. The van der Waals surface area contributed by atoms with Gasteiger partial charge in [-0.2, -0.15) is 0 Å². The molecule has 110 valence electrons. The molecule has 0 aliphatic rings. The fourth-order valence-corrected chi connectivity index (χ4v) is 2.17. The number of hydrogen-bond donors (Lipinski definition) is 1. The molecule has 1 aromatic rings. The van der Waals surface area contributed by atoms with E-state index in [0.29, 0.717) is 13.2 Å². The summed E-state index contributed by atoms with van der Waals surface area (Å²) in [5.41, 5.74) is 0.876. The van der Waals surface area contributed by atoms with Crippen LogP contribution in [-0.2, 0) is 21.1 Å². The predicted molar refractivity (Wildman–Crippen MR) is 76.3 cm³/mol. The molecule has 19 heavy (non-hydrogen) atoms. The fourth-order valence-electron chi connectivity index (χ4n) is 1.64. The Bertz CT molecular complexity index is 482. The first kappa shape index (κ1) is 16.0. The molecule has 7 heteroatoms. The number of aromatic nitrogens is 2. The molecule has 0 atom stereocenters. The minimum atomic E-state index is -2.96. The van der Waals surface area contributed by atoms with Crippen molar-refractivity contribution >= 4 is 15.8 Å². The Morgan fingerprint density at radius 3 is 2.84 bits per heavy atom. The number of imidazole rings is 1. The smallest absolute Gasteiger partial charge is 0.203 e. The number of aryl methyl sites for hydroxylation is 2. The first-order chi connectivity index (χ1) is 8.92. The Morgan fingerprint density at radius 2 is 2.21 bits per heavy atom. The van der Waals surface area contributed by atoms with Crippen LogP contribution in [-0.4, -0.2) is 49.7 Å². The number of nitrogens with one attached hydrogen (secondary N) is 1. The highest BCUT2D eigenvalue weighted by Gasteiger charge is 2.08. The van der Waals surface area contributed by atoms with E-state index in [1.165, 1.54) is 6.26 Å². The van der Waals surface area contributed by atoms with Crippen LogP contribution in [0, 0.1) is 6.92 Å². The van der Waals surface area contributed by atoms with Crippen LogP contribution in [0.4, 0.5) is 5.95 Å². The molecule has 0 aliphatic heterocycles. The summed E-state index contributed by atoms with van der Waals surface area (Å²) in [5, 5.41) is 3.21. The van der Waals surface area contributed by atoms with Gasteiger partial charge in [0.05, 0.1) is 11.4 Å². The highest BCUT2D eigenvalue weighted by atomic mass is 32.2. The highest BCUT2D eigenvalue weighted by molar-refractivity contribution is 7.90. The summed E-state index contributed by atoms with van der Waals surface area (Å²) >= 11 is 0. The van der Waals surface area contributed by atoms with Gasteiger partial charge in [0.15, 0.2) is 0 Å². The van der Waals surface area contributed by atoms with E-state index in [4.69, 9.17) is 4.74 Å². The molecule has 0 fully saturated rings. The Hall–Kier alpha value is -1.08. The van der Waals surface area contributed by atoms with Gasteiger partial charge in [0.2, 0.25) is 5.95 Å². The molecule has 6 nitrogen and oxygen atoms in total. The van der Waals surface area contributed by atoms with E-state index in [9.17, 15) is 8.42 Å². The van der Waals surface area contributed by atoms with Crippen molar-refractivity contribution in [2.24, 2.45) is 0 Å². The topological polar surface area (TPSA) is 73.2 Å². The van der Waals surface area contributed by atoms with Crippen LogP contribution in [0.5, 0.6) is 0 Å². The standard InChI is InChI=1S/C12H23N3O3S/c1-4-18-8-5-6-13-12-14-11(2)10-15(12)7-9-19(3,16)17/h10H,4-9H2,1-3H3,(H,13,14). The summed E-state index contributed by atoms with van der Waals surface area (Å²) in [5.74, 6) is 0.841. The number of sulfone groups is 1. The molecule has 0 radical (unpaired) electrons. The molecule has 0 aromatic carbocycles. The van der Waals surface area contributed by atoms with E-state index in [1.54, 1.807) is 0 Å².